The number of hydrogen-bond donors (Lipinski definition) is 3. The fourth-order valence-corrected chi connectivity index (χ4v) is 5.13. The second-order valence-electron chi connectivity index (χ2n) is 9.09. The predicted molar refractivity (Wildman–Crippen MR) is 134 cm³/mol. The SMILES string of the molecule is Cn1ccc2c(-c3ccc(Nc4ccc(N5CCC[C@H](N)C5)cn4)c4c3CNC4=O)ccnc21. The maximum atomic E-state index is 12.8. The number of rotatable bonds is 4. The molecule has 0 saturated carbocycles. The first kappa shape index (κ1) is 20.7. The number of aryl methyl sites for hydroxylation is 1. The summed E-state index contributed by atoms with van der Waals surface area (Å²) in [6.45, 7) is 2.35. The highest BCUT2D eigenvalue weighted by atomic mass is 16.1. The van der Waals surface area contributed by atoms with Gasteiger partial charge in [0.15, 0.2) is 0 Å². The van der Waals surface area contributed by atoms with Crippen LogP contribution in [0.5, 0.6) is 0 Å². The molecule has 1 fully saturated rings. The Morgan fingerprint density at radius 2 is 2.03 bits per heavy atom. The van der Waals surface area contributed by atoms with Crippen LogP contribution in [-0.4, -0.2) is 39.6 Å². The number of carbonyl (C=O) groups is 1. The third-order valence-corrected chi connectivity index (χ3v) is 6.86. The van der Waals surface area contributed by atoms with E-state index in [2.05, 4.69) is 43.7 Å². The molecule has 5 heterocycles. The van der Waals surface area contributed by atoms with Crippen LogP contribution in [0.15, 0.2) is 55.0 Å². The summed E-state index contributed by atoms with van der Waals surface area (Å²) >= 11 is 0. The van der Waals surface area contributed by atoms with E-state index in [1.165, 1.54) is 0 Å². The van der Waals surface area contributed by atoms with Crippen LogP contribution in [0, 0.1) is 0 Å². The maximum absolute atomic E-state index is 12.8. The molecule has 0 bridgehead atoms. The normalized spacial score (nSPS) is 17.6. The van der Waals surface area contributed by atoms with Gasteiger partial charge in [0.25, 0.3) is 5.91 Å². The molecule has 1 amide bonds. The molecule has 172 valence electrons. The molecule has 4 N–H and O–H groups in total. The lowest BCUT2D eigenvalue weighted by molar-refractivity contribution is 0.0966. The van der Waals surface area contributed by atoms with Gasteiger partial charge < -0.3 is 25.8 Å². The van der Waals surface area contributed by atoms with Gasteiger partial charge >= 0.3 is 0 Å². The van der Waals surface area contributed by atoms with Crippen molar-refractivity contribution >= 4 is 34.1 Å². The molecule has 1 atom stereocenters. The first-order chi connectivity index (χ1) is 16.6. The summed E-state index contributed by atoms with van der Waals surface area (Å²) in [5.74, 6) is 0.630. The molecule has 0 radical (unpaired) electrons. The Morgan fingerprint density at radius 1 is 1.12 bits per heavy atom. The van der Waals surface area contributed by atoms with Gasteiger partial charge in [0.1, 0.15) is 11.5 Å². The first-order valence-corrected chi connectivity index (χ1v) is 11.7. The standard InChI is InChI=1S/C26H27N7O/c1-32-12-9-20-19(8-10-28-25(20)32)18-5-6-22(24-21(18)14-30-26(24)34)31-23-7-4-17(13-29-23)33-11-2-3-16(27)15-33/h4-10,12-13,16H,2-3,11,14-15,27H2,1H3,(H,29,31)(H,30,34)/t16-/m0/s1. The van der Waals surface area contributed by atoms with Crippen LogP contribution in [-0.2, 0) is 13.6 Å². The molecule has 1 saturated heterocycles. The summed E-state index contributed by atoms with van der Waals surface area (Å²) in [7, 11) is 1.99. The molecule has 4 aromatic rings. The number of anilines is 3. The third-order valence-electron chi connectivity index (χ3n) is 6.86. The molecular formula is C26H27N7O. The van der Waals surface area contributed by atoms with E-state index in [0.717, 1.165) is 65.0 Å². The van der Waals surface area contributed by atoms with Crippen molar-refractivity contribution in [3.05, 3.63) is 66.1 Å². The van der Waals surface area contributed by atoms with E-state index in [0.29, 0.717) is 17.9 Å². The number of hydrogen-bond acceptors (Lipinski definition) is 6. The predicted octanol–water partition coefficient (Wildman–Crippen LogP) is 3.55. The minimum absolute atomic E-state index is 0.0726. The van der Waals surface area contributed by atoms with Gasteiger partial charge in [-0.2, -0.15) is 0 Å². The molecule has 6 rings (SSSR count). The quantitative estimate of drug-likeness (QED) is 0.437. The summed E-state index contributed by atoms with van der Waals surface area (Å²) in [5, 5.41) is 7.43. The van der Waals surface area contributed by atoms with E-state index in [1.54, 1.807) is 0 Å². The van der Waals surface area contributed by atoms with Gasteiger partial charge in [-0.25, -0.2) is 9.97 Å². The summed E-state index contributed by atoms with van der Waals surface area (Å²) in [4.78, 5) is 24.2. The molecular weight excluding hydrogens is 426 g/mol. The number of piperidine rings is 1. The topological polar surface area (TPSA) is 101 Å². The van der Waals surface area contributed by atoms with E-state index >= 15 is 0 Å². The zero-order chi connectivity index (χ0) is 23.2. The van der Waals surface area contributed by atoms with E-state index < -0.39 is 0 Å². The van der Waals surface area contributed by atoms with E-state index in [9.17, 15) is 4.79 Å². The summed E-state index contributed by atoms with van der Waals surface area (Å²) in [6.07, 6.45) is 7.87. The van der Waals surface area contributed by atoms with Crippen molar-refractivity contribution in [1.29, 1.82) is 0 Å². The Balaban J connectivity index is 1.33. The van der Waals surface area contributed by atoms with Crippen LogP contribution < -0.4 is 21.3 Å². The molecule has 2 aliphatic rings. The zero-order valence-corrected chi connectivity index (χ0v) is 19.1. The number of amides is 1. The van der Waals surface area contributed by atoms with Gasteiger partial charge in [0.05, 0.1) is 23.1 Å². The Bertz CT molecular complexity index is 1390. The molecule has 8 nitrogen and oxygen atoms in total. The molecule has 2 aliphatic heterocycles. The van der Waals surface area contributed by atoms with Gasteiger partial charge in [-0.05, 0) is 59.9 Å². The number of benzene rings is 1. The Labute approximate surface area is 197 Å². The van der Waals surface area contributed by atoms with Crippen LogP contribution in [0.25, 0.3) is 22.2 Å². The lowest BCUT2D eigenvalue weighted by Crippen LogP contribution is -2.42. The third kappa shape index (κ3) is 3.47. The van der Waals surface area contributed by atoms with Gasteiger partial charge in [0.2, 0.25) is 0 Å². The highest BCUT2D eigenvalue weighted by molar-refractivity contribution is 6.07. The van der Waals surface area contributed by atoms with Crippen LogP contribution in [0.4, 0.5) is 17.2 Å². The first-order valence-electron chi connectivity index (χ1n) is 11.7. The van der Waals surface area contributed by atoms with Crippen molar-refractivity contribution in [1.82, 2.24) is 19.9 Å². The molecule has 8 heteroatoms. The average molecular weight is 454 g/mol. The smallest absolute Gasteiger partial charge is 0.254 e. The molecule has 0 aliphatic carbocycles. The van der Waals surface area contributed by atoms with Crippen LogP contribution in [0.3, 0.4) is 0 Å². The molecule has 1 aromatic carbocycles. The fourth-order valence-electron chi connectivity index (χ4n) is 5.13. The molecule has 34 heavy (non-hydrogen) atoms. The van der Waals surface area contributed by atoms with E-state index in [-0.39, 0.29) is 11.9 Å². The number of nitrogens with two attached hydrogens (primary N) is 1. The summed E-state index contributed by atoms with van der Waals surface area (Å²) in [6, 6.07) is 12.4. The minimum Gasteiger partial charge on any atom is -0.369 e. The van der Waals surface area contributed by atoms with Gasteiger partial charge in [0, 0.05) is 50.5 Å². The largest absolute Gasteiger partial charge is 0.369 e. The number of fused-ring (bicyclic) bond motifs is 2. The van der Waals surface area contributed by atoms with Crippen LogP contribution >= 0.6 is 0 Å². The highest BCUT2D eigenvalue weighted by Gasteiger charge is 2.27. The zero-order valence-electron chi connectivity index (χ0n) is 19.1. The number of pyridine rings is 2. The van der Waals surface area contributed by atoms with Gasteiger partial charge in [-0.15, -0.1) is 0 Å². The lowest BCUT2D eigenvalue weighted by atomic mass is 9.94. The van der Waals surface area contributed by atoms with E-state index in [4.69, 9.17) is 5.73 Å². The maximum Gasteiger partial charge on any atom is 0.254 e. The Kier molecular flexibility index (Phi) is 4.95. The van der Waals surface area contributed by atoms with Crippen molar-refractivity contribution in [2.24, 2.45) is 12.8 Å². The molecule has 3 aromatic heterocycles. The number of aromatic nitrogens is 3. The van der Waals surface area contributed by atoms with Gasteiger partial charge in [-0.3, -0.25) is 4.79 Å². The molecule has 0 spiro atoms. The summed E-state index contributed by atoms with van der Waals surface area (Å²) < 4.78 is 2.01. The van der Waals surface area contributed by atoms with E-state index in [1.807, 2.05) is 48.4 Å². The number of nitrogens with zero attached hydrogens (tertiary/aromatic N) is 4. The van der Waals surface area contributed by atoms with Crippen molar-refractivity contribution in [2.75, 3.05) is 23.3 Å². The van der Waals surface area contributed by atoms with Crippen molar-refractivity contribution < 1.29 is 4.79 Å². The van der Waals surface area contributed by atoms with Crippen LogP contribution in [0.2, 0.25) is 0 Å². The average Bonchev–Trinajstić information content (AvgIpc) is 3.43. The summed E-state index contributed by atoms with van der Waals surface area (Å²) in [5.41, 5.74) is 12.7. The highest BCUT2D eigenvalue weighted by Crippen LogP contribution is 2.37. The Morgan fingerprint density at radius 3 is 2.85 bits per heavy atom. The second kappa shape index (κ2) is 8.14. The number of carbonyl (C=O) groups excluding carboxylic acids is 1. The Hall–Kier alpha value is -3.91. The fraction of sp³-hybridized carbons (Fsp3) is 0.269. The lowest BCUT2D eigenvalue weighted by Gasteiger charge is -2.32. The number of nitrogens with one attached hydrogen (secondary N) is 2. The minimum atomic E-state index is -0.0726. The van der Waals surface area contributed by atoms with Crippen molar-refractivity contribution in [3.8, 4) is 11.1 Å². The molecule has 0 unspecified atom stereocenters. The monoisotopic (exact) mass is 453 g/mol. The van der Waals surface area contributed by atoms with Gasteiger partial charge in [-0.1, -0.05) is 6.07 Å². The second-order valence-corrected chi connectivity index (χ2v) is 9.09. The van der Waals surface area contributed by atoms with Crippen molar-refractivity contribution in [3.63, 3.8) is 0 Å². The van der Waals surface area contributed by atoms with Crippen LogP contribution in [0.1, 0.15) is 28.8 Å². The van der Waals surface area contributed by atoms with Crippen molar-refractivity contribution in [2.45, 2.75) is 25.4 Å².